The predicted octanol–water partition coefficient (Wildman–Crippen LogP) is 1.77. The monoisotopic (exact) mass is 260 g/mol. The fourth-order valence-corrected chi connectivity index (χ4v) is 3.44. The van der Waals surface area contributed by atoms with Crippen LogP contribution in [0.2, 0.25) is 0 Å². The van der Waals surface area contributed by atoms with Gasteiger partial charge in [0.25, 0.3) is 0 Å². The minimum Gasteiger partial charge on any atom is -0.374 e. The predicted molar refractivity (Wildman–Crippen MR) is 77.4 cm³/mol. The van der Waals surface area contributed by atoms with E-state index >= 15 is 0 Å². The number of hydrogen-bond acceptors (Lipinski definition) is 3. The maximum atomic E-state index is 5.72. The Balaban J connectivity index is 1.67. The Kier molecular flexibility index (Phi) is 4.16. The highest BCUT2D eigenvalue weighted by molar-refractivity contribution is 5.32. The highest BCUT2D eigenvalue weighted by atomic mass is 16.5. The first-order valence-corrected chi connectivity index (χ1v) is 7.48. The third-order valence-electron chi connectivity index (χ3n) is 4.46. The molecule has 0 radical (unpaired) electrons. The van der Waals surface area contributed by atoms with Gasteiger partial charge >= 0.3 is 0 Å². The first-order chi connectivity index (χ1) is 9.36. The molecule has 19 heavy (non-hydrogen) atoms. The molecular weight excluding hydrogens is 236 g/mol. The van der Waals surface area contributed by atoms with Crippen LogP contribution in [0.1, 0.15) is 29.9 Å². The molecule has 0 spiro atoms. The van der Waals surface area contributed by atoms with E-state index in [4.69, 9.17) is 10.5 Å². The zero-order valence-electron chi connectivity index (χ0n) is 11.6. The zero-order chi connectivity index (χ0) is 13.1. The summed E-state index contributed by atoms with van der Waals surface area (Å²) in [6.07, 6.45) is 4.13. The molecule has 0 amide bonds. The van der Waals surface area contributed by atoms with Gasteiger partial charge in [0, 0.05) is 26.2 Å². The first kappa shape index (κ1) is 13.1. The van der Waals surface area contributed by atoms with Gasteiger partial charge in [-0.05, 0) is 36.3 Å². The fraction of sp³-hybridized carbons (Fsp3) is 0.625. The number of nitrogens with zero attached hydrogens (tertiary/aromatic N) is 1. The Morgan fingerprint density at radius 1 is 1.32 bits per heavy atom. The van der Waals surface area contributed by atoms with Gasteiger partial charge in [0.15, 0.2) is 0 Å². The van der Waals surface area contributed by atoms with Gasteiger partial charge in [0.2, 0.25) is 0 Å². The van der Waals surface area contributed by atoms with Crippen LogP contribution in [0.25, 0.3) is 0 Å². The highest BCUT2D eigenvalue weighted by Gasteiger charge is 2.25. The van der Waals surface area contributed by atoms with Crippen LogP contribution in [0, 0.1) is 0 Å². The smallest absolute Gasteiger partial charge is 0.0824 e. The summed E-state index contributed by atoms with van der Waals surface area (Å²) in [5.41, 5.74) is 8.85. The van der Waals surface area contributed by atoms with Crippen molar-refractivity contribution in [2.24, 2.45) is 5.73 Å². The lowest BCUT2D eigenvalue weighted by Crippen LogP contribution is -2.47. The average molecular weight is 260 g/mol. The molecule has 3 nitrogen and oxygen atoms in total. The van der Waals surface area contributed by atoms with Crippen molar-refractivity contribution in [2.45, 2.75) is 31.3 Å². The fourth-order valence-electron chi connectivity index (χ4n) is 3.44. The molecule has 0 saturated carbocycles. The molecule has 3 rings (SSSR count). The molecule has 2 N–H and O–H groups in total. The van der Waals surface area contributed by atoms with Crippen LogP contribution in [0.5, 0.6) is 0 Å². The second-order valence-electron chi connectivity index (χ2n) is 5.78. The second kappa shape index (κ2) is 6.04. The summed E-state index contributed by atoms with van der Waals surface area (Å²) in [6, 6.07) is 8.96. The van der Waals surface area contributed by atoms with E-state index in [-0.39, 0.29) is 6.10 Å². The molecule has 1 saturated heterocycles. The van der Waals surface area contributed by atoms with E-state index in [0.717, 1.165) is 26.2 Å². The normalized spacial score (nSPS) is 28.1. The Hall–Kier alpha value is -0.900. The molecule has 2 unspecified atom stereocenters. The molecule has 1 aliphatic carbocycles. The van der Waals surface area contributed by atoms with E-state index in [1.807, 2.05) is 0 Å². The summed E-state index contributed by atoms with van der Waals surface area (Å²) in [7, 11) is 0. The van der Waals surface area contributed by atoms with E-state index in [9.17, 15) is 0 Å². The number of aryl methyl sites for hydroxylation is 1. The second-order valence-corrected chi connectivity index (χ2v) is 5.78. The van der Waals surface area contributed by atoms with Crippen LogP contribution in [0.3, 0.4) is 0 Å². The molecule has 1 heterocycles. The van der Waals surface area contributed by atoms with E-state index in [0.29, 0.717) is 12.5 Å². The molecule has 0 aromatic heterocycles. The number of fused-ring (bicyclic) bond motifs is 1. The number of morpholine rings is 1. The van der Waals surface area contributed by atoms with Crippen molar-refractivity contribution in [1.82, 2.24) is 4.90 Å². The lowest BCUT2D eigenvalue weighted by molar-refractivity contribution is -0.0253. The summed E-state index contributed by atoms with van der Waals surface area (Å²) in [5, 5.41) is 0. The van der Waals surface area contributed by atoms with Crippen LogP contribution in [0.4, 0.5) is 0 Å². The van der Waals surface area contributed by atoms with Gasteiger partial charge in [-0.3, -0.25) is 4.90 Å². The van der Waals surface area contributed by atoms with Gasteiger partial charge in [-0.1, -0.05) is 24.3 Å². The maximum Gasteiger partial charge on any atom is 0.0824 e. The van der Waals surface area contributed by atoms with Crippen LogP contribution >= 0.6 is 0 Å². The largest absolute Gasteiger partial charge is 0.374 e. The lowest BCUT2D eigenvalue weighted by Gasteiger charge is -2.36. The Morgan fingerprint density at radius 3 is 3.11 bits per heavy atom. The topological polar surface area (TPSA) is 38.5 Å². The molecular formula is C16H24N2O. The lowest BCUT2D eigenvalue weighted by atomic mass is 9.82. The molecule has 2 aliphatic rings. The van der Waals surface area contributed by atoms with Gasteiger partial charge in [-0.15, -0.1) is 0 Å². The minimum absolute atomic E-state index is 0.229. The summed E-state index contributed by atoms with van der Waals surface area (Å²) in [6.45, 7) is 4.68. The molecule has 104 valence electrons. The number of rotatable bonds is 3. The van der Waals surface area contributed by atoms with Crippen molar-refractivity contribution in [2.75, 3.05) is 32.8 Å². The summed E-state index contributed by atoms with van der Waals surface area (Å²) < 4.78 is 5.65. The molecule has 0 bridgehead atoms. The number of ether oxygens (including phenoxy) is 1. The zero-order valence-corrected chi connectivity index (χ0v) is 11.6. The first-order valence-electron chi connectivity index (χ1n) is 7.48. The average Bonchev–Trinajstić information content (AvgIpc) is 2.48. The highest BCUT2D eigenvalue weighted by Crippen LogP contribution is 2.32. The van der Waals surface area contributed by atoms with Gasteiger partial charge in [0.05, 0.1) is 12.7 Å². The Labute approximate surface area is 115 Å². The third-order valence-corrected chi connectivity index (χ3v) is 4.46. The Bertz CT molecular complexity index is 421. The molecule has 1 aromatic rings. The van der Waals surface area contributed by atoms with E-state index in [1.54, 1.807) is 11.1 Å². The SMILES string of the molecule is NCC1CN(CC2CCCc3ccccc32)CCO1. The van der Waals surface area contributed by atoms with Gasteiger partial charge < -0.3 is 10.5 Å². The van der Waals surface area contributed by atoms with E-state index in [1.165, 1.54) is 19.3 Å². The van der Waals surface area contributed by atoms with Gasteiger partial charge in [-0.25, -0.2) is 0 Å². The van der Waals surface area contributed by atoms with Crippen molar-refractivity contribution in [1.29, 1.82) is 0 Å². The number of hydrogen-bond donors (Lipinski definition) is 1. The molecule has 2 atom stereocenters. The molecule has 3 heteroatoms. The van der Waals surface area contributed by atoms with Crippen molar-refractivity contribution < 1.29 is 4.74 Å². The molecule has 1 fully saturated rings. The van der Waals surface area contributed by atoms with Crippen LogP contribution in [-0.2, 0) is 11.2 Å². The van der Waals surface area contributed by atoms with Crippen molar-refractivity contribution >= 4 is 0 Å². The molecule has 1 aromatic carbocycles. The van der Waals surface area contributed by atoms with Crippen molar-refractivity contribution in [3.63, 3.8) is 0 Å². The Morgan fingerprint density at radius 2 is 2.21 bits per heavy atom. The van der Waals surface area contributed by atoms with Crippen molar-refractivity contribution in [3.05, 3.63) is 35.4 Å². The number of nitrogens with two attached hydrogens (primary N) is 1. The number of benzene rings is 1. The van der Waals surface area contributed by atoms with Crippen molar-refractivity contribution in [3.8, 4) is 0 Å². The van der Waals surface area contributed by atoms with E-state index < -0.39 is 0 Å². The maximum absolute atomic E-state index is 5.72. The quantitative estimate of drug-likeness (QED) is 0.900. The van der Waals surface area contributed by atoms with Crippen LogP contribution in [-0.4, -0.2) is 43.8 Å². The standard InChI is InChI=1S/C16H24N2O/c17-10-15-12-18(8-9-19-15)11-14-6-3-5-13-4-1-2-7-16(13)14/h1-2,4,7,14-15H,3,5-6,8-12,17H2. The van der Waals surface area contributed by atoms with Gasteiger partial charge in [-0.2, -0.15) is 0 Å². The van der Waals surface area contributed by atoms with Crippen LogP contribution < -0.4 is 5.73 Å². The molecule has 1 aliphatic heterocycles. The summed E-state index contributed by atoms with van der Waals surface area (Å²) >= 11 is 0. The van der Waals surface area contributed by atoms with E-state index in [2.05, 4.69) is 29.2 Å². The minimum atomic E-state index is 0.229. The third kappa shape index (κ3) is 2.99. The van der Waals surface area contributed by atoms with Crippen LogP contribution in [0.15, 0.2) is 24.3 Å². The summed E-state index contributed by atoms with van der Waals surface area (Å²) in [5.74, 6) is 0.696. The van der Waals surface area contributed by atoms with Gasteiger partial charge in [0.1, 0.15) is 0 Å². The summed E-state index contributed by atoms with van der Waals surface area (Å²) in [4.78, 5) is 2.54.